The zero-order chi connectivity index (χ0) is 7.66. The second-order valence-electron chi connectivity index (χ2n) is 2.44. The summed E-state index contributed by atoms with van der Waals surface area (Å²) in [5.41, 5.74) is 0. The molecule has 0 spiro atoms. The van der Waals surface area contributed by atoms with Crippen molar-refractivity contribution >= 4 is 12.6 Å². The monoisotopic (exact) mass is 155 g/mol. The fourth-order valence-electron chi connectivity index (χ4n) is 0.868. The van der Waals surface area contributed by atoms with Gasteiger partial charge in [0.05, 0.1) is 0 Å². The van der Waals surface area contributed by atoms with E-state index in [1.54, 1.807) is 0 Å². The molecule has 0 saturated heterocycles. The molecule has 57 valence electrons. The molecule has 0 atom stereocenters. The lowest BCUT2D eigenvalue weighted by molar-refractivity contribution is 0.641. The van der Waals surface area contributed by atoms with E-state index < -0.39 is 0 Å². The second-order valence-corrected chi connectivity index (χ2v) is 2.65. The molecule has 0 N–H and O–H groups in total. The maximum Gasteiger partial charge on any atom is 0.0101 e. The van der Waals surface area contributed by atoms with Gasteiger partial charge in [-0.2, -0.15) is 0 Å². The highest BCUT2D eigenvalue weighted by molar-refractivity contribution is 7.85. The van der Waals surface area contributed by atoms with Crippen LogP contribution in [0.3, 0.4) is 0 Å². The molecule has 0 amide bonds. The summed E-state index contributed by atoms with van der Waals surface area (Å²) in [5.74, 6) is 2.89. The predicted molar refractivity (Wildman–Crippen MR) is 48.7 cm³/mol. The lowest BCUT2D eigenvalue weighted by Gasteiger charge is -1.93. The van der Waals surface area contributed by atoms with Crippen LogP contribution in [-0.2, 0) is 0 Å². The van der Waals surface area contributed by atoms with Crippen LogP contribution in [0.5, 0.6) is 0 Å². The summed E-state index contributed by atoms with van der Waals surface area (Å²) in [7, 11) is 0. The Morgan fingerprint density at radius 3 is 2.40 bits per heavy atom. The number of unbranched alkanes of at least 4 members (excludes halogenated alkanes) is 5. The molecule has 0 aliphatic rings. The summed E-state index contributed by atoms with van der Waals surface area (Å²) >= 11 is 4.49. The minimum Gasteiger partial charge on any atom is -0.0865 e. The van der Waals surface area contributed by atoms with Crippen molar-refractivity contribution in [2.45, 2.75) is 45.4 Å². The van der Waals surface area contributed by atoms with Crippen molar-refractivity contribution < 1.29 is 0 Å². The van der Waals surface area contributed by atoms with Crippen LogP contribution < -0.4 is 0 Å². The Morgan fingerprint density at radius 1 is 1.10 bits per heavy atom. The van der Waals surface area contributed by atoms with Crippen LogP contribution in [0.1, 0.15) is 45.4 Å². The first-order valence-electron chi connectivity index (χ1n) is 4.01. The Labute approximate surface area is 69.8 Å². The van der Waals surface area contributed by atoms with Gasteiger partial charge in [-0.25, -0.2) is 0 Å². The Morgan fingerprint density at radius 2 is 1.80 bits per heavy atom. The molecule has 0 aliphatic carbocycles. The fraction of sp³-hybridized carbons (Fsp3) is 0.778. The van der Waals surface area contributed by atoms with E-state index in [0.29, 0.717) is 0 Å². The van der Waals surface area contributed by atoms with Crippen LogP contribution in [0.4, 0.5) is 0 Å². The van der Waals surface area contributed by atoms with Gasteiger partial charge in [-0.3, -0.25) is 0 Å². The van der Waals surface area contributed by atoms with E-state index >= 15 is 0 Å². The third-order valence-corrected chi connectivity index (χ3v) is 1.62. The van der Waals surface area contributed by atoms with E-state index in [4.69, 9.17) is 0 Å². The smallest absolute Gasteiger partial charge is 0.0101 e. The Hall–Kier alpha value is -0.220. The van der Waals surface area contributed by atoms with Crippen LogP contribution in [0.15, 0.2) is 0 Å². The van der Waals surface area contributed by atoms with Gasteiger partial charge in [0.25, 0.3) is 0 Å². The third kappa shape index (κ3) is 7.78. The van der Waals surface area contributed by atoms with Crippen molar-refractivity contribution in [2.75, 3.05) is 0 Å². The first kappa shape index (κ1) is 9.78. The summed E-state index contributed by atoms with van der Waals surface area (Å²) in [6.45, 7) is 2.23. The average molecular weight is 155 g/mol. The van der Waals surface area contributed by atoms with Gasteiger partial charge in [-0.05, 0) is 19.0 Å². The minimum absolute atomic E-state index is 0.993. The van der Waals surface area contributed by atoms with Gasteiger partial charge in [0.15, 0.2) is 0 Å². The van der Waals surface area contributed by atoms with Crippen molar-refractivity contribution in [1.82, 2.24) is 0 Å². The molecule has 1 radical (unpaired) electrons. The van der Waals surface area contributed by atoms with Crippen molar-refractivity contribution in [3.05, 3.63) is 0 Å². The quantitative estimate of drug-likeness (QED) is 0.421. The third-order valence-electron chi connectivity index (χ3n) is 1.48. The van der Waals surface area contributed by atoms with Crippen molar-refractivity contribution in [3.63, 3.8) is 0 Å². The largest absolute Gasteiger partial charge is 0.0865 e. The van der Waals surface area contributed by atoms with E-state index in [1.165, 1.54) is 32.1 Å². The Balaban J connectivity index is 2.82. The van der Waals surface area contributed by atoms with Crippen LogP contribution in [0.25, 0.3) is 0 Å². The van der Waals surface area contributed by atoms with Gasteiger partial charge in [-0.1, -0.05) is 38.5 Å². The van der Waals surface area contributed by atoms with Gasteiger partial charge >= 0.3 is 0 Å². The first-order chi connectivity index (χ1) is 4.91. The maximum atomic E-state index is 4.49. The molecule has 0 aliphatic heterocycles. The molecule has 0 nitrogen and oxygen atoms in total. The molecule has 0 aromatic heterocycles. The van der Waals surface area contributed by atoms with Crippen molar-refractivity contribution in [2.24, 2.45) is 0 Å². The van der Waals surface area contributed by atoms with E-state index in [2.05, 4.69) is 30.7 Å². The molecule has 0 aromatic rings. The normalized spacial score (nSPS) is 8.50. The number of hydrogen-bond acceptors (Lipinski definition) is 0. The summed E-state index contributed by atoms with van der Waals surface area (Å²) in [6, 6.07) is 0. The molecule has 0 heterocycles. The van der Waals surface area contributed by atoms with Crippen LogP contribution in [-0.4, -0.2) is 0 Å². The molecule has 0 rings (SSSR count). The lowest BCUT2D eigenvalue weighted by Crippen LogP contribution is -1.75. The highest BCUT2D eigenvalue weighted by Gasteiger charge is 1.85. The van der Waals surface area contributed by atoms with Crippen LogP contribution in [0.2, 0.25) is 0 Å². The summed E-state index contributed by atoms with van der Waals surface area (Å²) in [5, 5.41) is 2.49. The number of hydrogen-bond donors (Lipinski definition) is 0. The van der Waals surface area contributed by atoms with Gasteiger partial charge in [0.1, 0.15) is 0 Å². The molecule has 0 unspecified atom stereocenters. The SMILES string of the molecule is CCCCCCCC#C[S]. The molecule has 0 fully saturated rings. The van der Waals surface area contributed by atoms with Gasteiger partial charge in [-0.15, -0.1) is 0 Å². The molecule has 0 bridgehead atoms. The second kappa shape index (κ2) is 8.78. The highest BCUT2D eigenvalue weighted by atomic mass is 32.1. The zero-order valence-corrected chi connectivity index (χ0v) is 7.47. The molecule has 0 saturated carbocycles. The van der Waals surface area contributed by atoms with Gasteiger partial charge in [0.2, 0.25) is 0 Å². The summed E-state index contributed by atoms with van der Waals surface area (Å²) < 4.78 is 0. The molecule has 1 heteroatoms. The fourth-order valence-corrected chi connectivity index (χ4v) is 0.970. The van der Waals surface area contributed by atoms with E-state index in [0.717, 1.165) is 6.42 Å². The van der Waals surface area contributed by atoms with Crippen molar-refractivity contribution in [1.29, 1.82) is 0 Å². The van der Waals surface area contributed by atoms with Crippen LogP contribution >= 0.6 is 12.6 Å². The van der Waals surface area contributed by atoms with E-state index in [-0.39, 0.29) is 0 Å². The molecular formula is C9H15S. The predicted octanol–water partition coefficient (Wildman–Crippen LogP) is 3.51. The maximum absolute atomic E-state index is 4.49. The zero-order valence-electron chi connectivity index (χ0n) is 6.65. The van der Waals surface area contributed by atoms with Crippen molar-refractivity contribution in [3.8, 4) is 11.2 Å². The summed E-state index contributed by atoms with van der Waals surface area (Å²) in [4.78, 5) is 0. The summed E-state index contributed by atoms with van der Waals surface area (Å²) in [6.07, 6.45) is 7.57. The highest BCUT2D eigenvalue weighted by Crippen LogP contribution is 2.03. The number of rotatable bonds is 5. The molecule has 0 aromatic carbocycles. The average Bonchev–Trinajstić information content (AvgIpc) is 1.97. The topological polar surface area (TPSA) is 0 Å². The van der Waals surface area contributed by atoms with Gasteiger partial charge < -0.3 is 0 Å². The first-order valence-corrected chi connectivity index (χ1v) is 4.42. The van der Waals surface area contributed by atoms with Crippen LogP contribution in [0, 0.1) is 11.2 Å². The van der Waals surface area contributed by atoms with E-state index in [9.17, 15) is 0 Å². The van der Waals surface area contributed by atoms with Gasteiger partial charge in [0, 0.05) is 11.7 Å². The van der Waals surface area contributed by atoms with E-state index in [1.807, 2.05) is 0 Å². The lowest BCUT2D eigenvalue weighted by atomic mass is 10.1. The minimum atomic E-state index is 0.993. The Kier molecular flexibility index (Phi) is 8.59. The molecular weight excluding hydrogens is 140 g/mol. The molecule has 10 heavy (non-hydrogen) atoms. The Bertz CT molecular complexity index is 108. The standard InChI is InChI=1S/C9H15S/c1-2-3-4-5-6-7-8-9-10/h2-7H2,1H3.